The van der Waals surface area contributed by atoms with Crippen molar-refractivity contribution < 1.29 is 46.4 Å². The first-order valence-corrected chi connectivity index (χ1v) is 20.2. The van der Waals surface area contributed by atoms with E-state index in [2.05, 4.69) is 26.0 Å². The van der Waals surface area contributed by atoms with Gasteiger partial charge in [-0.3, -0.25) is 9.80 Å². The predicted molar refractivity (Wildman–Crippen MR) is 207 cm³/mol. The van der Waals surface area contributed by atoms with Crippen LogP contribution in [0.2, 0.25) is 0 Å². The molecule has 10 rings (SSSR count). The zero-order chi connectivity index (χ0) is 40.6. The molecule has 0 radical (unpaired) electrons. The Bertz CT molecular complexity index is 2430. The number of esters is 1. The Morgan fingerprint density at radius 3 is 2.83 bits per heavy atom. The maximum Gasteiger partial charge on any atom is 0.416 e. The lowest BCUT2D eigenvalue weighted by atomic mass is 9.95. The fourth-order valence-corrected chi connectivity index (χ4v) is 10.0. The van der Waals surface area contributed by atoms with Crippen LogP contribution in [0.4, 0.5) is 23.8 Å². The molecule has 5 saturated heterocycles. The molecule has 1 amide bonds. The summed E-state index contributed by atoms with van der Waals surface area (Å²) in [4.78, 5) is 46.2. The van der Waals surface area contributed by atoms with Crippen molar-refractivity contribution in [3.63, 3.8) is 0 Å². The van der Waals surface area contributed by atoms with E-state index < -0.39 is 41.4 Å². The molecule has 2 aromatic heterocycles. The molecule has 8 heterocycles. The number of benzene rings is 2. The van der Waals surface area contributed by atoms with E-state index in [0.717, 1.165) is 32.2 Å². The van der Waals surface area contributed by atoms with Crippen LogP contribution in [0.3, 0.4) is 0 Å². The number of anilines is 1. The number of hydrogen-bond donors (Lipinski definition) is 1. The molecule has 5 fully saturated rings. The van der Waals surface area contributed by atoms with Gasteiger partial charge in [-0.1, -0.05) is 12.0 Å². The molecule has 0 aliphatic carbocycles. The van der Waals surface area contributed by atoms with E-state index in [1.165, 1.54) is 29.2 Å². The van der Waals surface area contributed by atoms with E-state index in [9.17, 15) is 14.0 Å². The number of carbonyl (C=O) groups is 2. The van der Waals surface area contributed by atoms with Gasteiger partial charge in [0.1, 0.15) is 53.4 Å². The van der Waals surface area contributed by atoms with Crippen molar-refractivity contribution >= 4 is 39.6 Å². The fourth-order valence-electron chi connectivity index (χ4n) is 10.0. The second-order valence-corrected chi connectivity index (χ2v) is 16.1. The van der Waals surface area contributed by atoms with Gasteiger partial charge >= 0.3 is 18.1 Å². The first kappa shape index (κ1) is 37.8. The Kier molecular flexibility index (Phi) is 9.41. The summed E-state index contributed by atoms with van der Waals surface area (Å²) in [5, 5.41) is 4.38. The summed E-state index contributed by atoms with van der Waals surface area (Å²) in [6, 6.07) is 4.42. The van der Waals surface area contributed by atoms with Gasteiger partial charge in [0.2, 0.25) is 5.88 Å². The van der Waals surface area contributed by atoms with Gasteiger partial charge in [-0.25, -0.2) is 27.7 Å². The Hall–Kier alpha value is -5.44. The molecule has 0 saturated carbocycles. The molecule has 6 aliphatic heterocycles. The number of carbonyl (C=O) groups excluding carboxylic acids is 2. The van der Waals surface area contributed by atoms with Gasteiger partial charge < -0.3 is 33.9 Å². The van der Waals surface area contributed by atoms with Gasteiger partial charge in [-0.2, -0.15) is 9.97 Å². The summed E-state index contributed by atoms with van der Waals surface area (Å²) >= 11 is 0. The number of hydrogen-bond acceptors (Lipinski definition) is 13. The molecule has 4 aromatic rings. The maximum atomic E-state index is 17.7. The zero-order valence-corrected chi connectivity index (χ0v) is 32.3. The number of terminal acetylenes is 1. The number of aromatic nitrogens is 3. The number of amides is 1. The average Bonchev–Trinajstić information content (AvgIpc) is 3.88. The summed E-state index contributed by atoms with van der Waals surface area (Å²) < 4.78 is 77.1. The molecular formula is C42H42F3N7O7. The van der Waals surface area contributed by atoms with Crippen molar-refractivity contribution in [2.75, 3.05) is 64.1 Å². The monoisotopic (exact) mass is 813 g/mol. The third-order valence-corrected chi connectivity index (χ3v) is 12.7. The van der Waals surface area contributed by atoms with E-state index >= 15 is 8.78 Å². The van der Waals surface area contributed by atoms with Crippen molar-refractivity contribution in [3.05, 3.63) is 41.5 Å². The molecule has 17 heteroatoms. The summed E-state index contributed by atoms with van der Waals surface area (Å²) in [5.74, 6) is 0.551. The Balaban J connectivity index is 1.11. The lowest BCUT2D eigenvalue weighted by molar-refractivity contribution is -0.154. The number of ether oxygens (including phenoxy) is 5. The van der Waals surface area contributed by atoms with E-state index in [-0.39, 0.29) is 108 Å². The summed E-state index contributed by atoms with van der Waals surface area (Å²) in [7, 11) is 0. The van der Waals surface area contributed by atoms with Gasteiger partial charge in [-0.15, -0.1) is 6.42 Å². The normalized spacial score (nSPS) is 27.2. The number of morpholine rings is 1. The summed E-state index contributed by atoms with van der Waals surface area (Å²) in [6.07, 6.45) is 7.91. The van der Waals surface area contributed by atoms with Crippen LogP contribution in [0.25, 0.3) is 32.9 Å². The highest BCUT2D eigenvalue weighted by molar-refractivity contribution is 6.04. The highest BCUT2D eigenvalue weighted by Gasteiger charge is 2.50. The highest BCUT2D eigenvalue weighted by atomic mass is 19.1. The number of nitrogens with zero attached hydrogens (tertiary/aromatic N) is 6. The second kappa shape index (κ2) is 14.7. The lowest BCUT2D eigenvalue weighted by Crippen LogP contribution is -2.60. The third-order valence-electron chi connectivity index (χ3n) is 12.7. The van der Waals surface area contributed by atoms with Crippen LogP contribution in [0.15, 0.2) is 24.3 Å². The Labute approximate surface area is 337 Å². The SMILES string of the molecule is C#Cc1c(F)ccc2cc(OC(=O)N3CCOCC3C(=O)OCC)cc(-c3nc4c5c(nc(OC[C@@]67CCCN6C[C@H](F)C7)nc5c3F)N3C[C@H]5CC[C@H](N5)[C@H]3CO4)c12. The Morgan fingerprint density at radius 1 is 1.10 bits per heavy atom. The van der Waals surface area contributed by atoms with Gasteiger partial charge in [0.25, 0.3) is 0 Å². The number of pyridine rings is 1. The molecule has 0 spiro atoms. The van der Waals surface area contributed by atoms with Crippen molar-refractivity contribution in [3.8, 4) is 41.2 Å². The number of halogens is 3. The number of fused-ring (bicyclic) bond motifs is 7. The Morgan fingerprint density at radius 2 is 1.98 bits per heavy atom. The van der Waals surface area contributed by atoms with Crippen molar-refractivity contribution in [2.45, 2.75) is 74.9 Å². The molecule has 2 bridgehead atoms. The van der Waals surface area contributed by atoms with Crippen LogP contribution in [0.5, 0.6) is 17.6 Å². The number of alkyl halides is 1. The van der Waals surface area contributed by atoms with Gasteiger partial charge in [0.15, 0.2) is 11.9 Å². The smallest absolute Gasteiger partial charge is 0.416 e. The maximum absolute atomic E-state index is 17.7. The molecule has 14 nitrogen and oxygen atoms in total. The zero-order valence-electron chi connectivity index (χ0n) is 32.3. The van der Waals surface area contributed by atoms with Gasteiger partial charge in [0.05, 0.1) is 37.0 Å². The van der Waals surface area contributed by atoms with Crippen LogP contribution in [0.1, 0.15) is 44.6 Å². The number of rotatable bonds is 7. The molecule has 2 aromatic carbocycles. The fraction of sp³-hybridized carbons (Fsp3) is 0.500. The largest absolute Gasteiger partial charge is 0.475 e. The van der Waals surface area contributed by atoms with Gasteiger partial charge in [0, 0.05) is 49.1 Å². The minimum Gasteiger partial charge on any atom is -0.475 e. The average molecular weight is 814 g/mol. The molecule has 6 aliphatic rings. The first-order chi connectivity index (χ1) is 28.6. The van der Waals surface area contributed by atoms with Gasteiger partial charge in [-0.05, 0) is 62.7 Å². The van der Waals surface area contributed by atoms with Crippen LogP contribution >= 0.6 is 0 Å². The highest BCUT2D eigenvalue weighted by Crippen LogP contribution is 2.46. The number of nitrogens with one attached hydrogen (secondary N) is 1. The molecule has 308 valence electrons. The minimum atomic E-state index is -1.05. The summed E-state index contributed by atoms with van der Waals surface area (Å²) in [6.45, 7) is 3.90. The quantitative estimate of drug-likeness (QED) is 0.207. The van der Waals surface area contributed by atoms with E-state index in [4.69, 9.17) is 40.1 Å². The summed E-state index contributed by atoms with van der Waals surface area (Å²) in [5.41, 5.74) is -1.10. The molecule has 1 unspecified atom stereocenters. The van der Waals surface area contributed by atoms with E-state index in [0.29, 0.717) is 30.7 Å². The van der Waals surface area contributed by atoms with E-state index in [1.807, 2.05) is 0 Å². The second-order valence-electron chi connectivity index (χ2n) is 16.1. The predicted octanol–water partition coefficient (Wildman–Crippen LogP) is 4.52. The van der Waals surface area contributed by atoms with Crippen LogP contribution in [-0.2, 0) is 14.3 Å². The standard InChI is InChI=1S/C42H42F3N7O7/c1-3-26-28(44)8-6-22-14-25(59-41(54)51-12-13-55-19-31(51)39(53)56-4-2)15-27(32(22)26)35-34(45)36-33-37(52-18-24-7-9-29(46-24)30(52)20-57-38(33)47-35)49-40(48-36)58-21-42-10-5-11-50(42)17-23(43)16-42/h1,6,8,14-15,23-24,29-31,46H,4-5,7,9-13,16-21H2,2H3/t23-,24-,29+,30-,31?,42+/m1/s1. The van der Waals surface area contributed by atoms with Crippen LogP contribution in [0, 0.1) is 24.0 Å². The number of piperazine rings is 1. The third kappa shape index (κ3) is 6.34. The van der Waals surface area contributed by atoms with Crippen LogP contribution < -0.4 is 24.4 Å². The van der Waals surface area contributed by atoms with Crippen molar-refractivity contribution in [1.82, 2.24) is 30.1 Å². The first-order valence-electron chi connectivity index (χ1n) is 20.2. The minimum absolute atomic E-state index is 0.00618. The van der Waals surface area contributed by atoms with Crippen molar-refractivity contribution in [2.24, 2.45) is 0 Å². The lowest BCUT2D eigenvalue weighted by Gasteiger charge is -2.40. The topological polar surface area (TPSA) is 141 Å². The van der Waals surface area contributed by atoms with Crippen LogP contribution in [-0.4, -0.2) is 132 Å². The molecular weight excluding hydrogens is 771 g/mol. The molecule has 6 atom stereocenters. The van der Waals surface area contributed by atoms with Crippen molar-refractivity contribution in [1.29, 1.82) is 0 Å². The molecule has 1 N–H and O–H groups in total. The van der Waals surface area contributed by atoms with E-state index in [1.54, 1.807) is 6.92 Å². The molecule has 59 heavy (non-hydrogen) atoms.